The maximum absolute atomic E-state index is 12.1. The van der Waals surface area contributed by atoms with Gasteiger partial charge in [-0.25, -0.2) is 26.7 Å². The molecule has 20 heavy (non-hydrogen) atoms. The van der Waals surface area contributed by atoms with Gasteiger partial charge < -0.3 is 5.73 Å². The third kappa shape index (κ3) is 5.30. The first kappa shape index (κ1) is 17.9. The molecule has 0 aromatic heterocycles. The predicted octanol–water partition coefficient (Wildman–Crippen LogP) is 0.751. The second kappa shape index (κ2) is 6.71. The molecule has 11 heteroatoms. The van der Waals surface area contributed by atoms with Crippen molar-refractivity contribution >= 4 is 57.6 Å². The van der Waals surface area contributed by atoms with Gasteiger partial charge in [0.1, 0.15) is 4.90 Å². The van der Waals surface area contributed by atoms with Gasteiger partial charge in [-0.15, -0.1) is 0 Å². The van der Waals surface area contributed by atoms with Gasteiger partial charge in [-0.2, -0.15) is 0 Å². The minimum absolute atomic E-state index is 0.0549. The summed E-state index contributed by atoms with van der Waals surface area (Å²) >= 11 is 6.32. The maximum atomic E-state index is 12.1. The van der Waals surface area contributed by atoms with Crippen molar-refractivity contribution in [2.75, 3.05) is 18.0 Å². The van der Waals surface area contributed by atoms with Gasteiger partial charge in [-0.1, -0.05) is 15.9 Å². The highest BCUT2D eigenvalue weighted by atomic mass is 79.9. The highest BCUT2D eigenvalue weighted by Crippen LogP contribution is 2.31. The zero-order chi connectivity index (χ0) is 15.6. The summed E-state index contributed by atoms with van der Waals surface area (Å²) in [6, 6.07) is 3.01. The minimum atomic E-state index is -3.83. The molecule has 0 heterocycles. The van der Waals surface area contributed by atoms with Crippen LogP contribution in [0.2, 0.25) is 0 Å². The van der Waals surface area contributed by atoms with E-state index in [0.29, 0.717) is 8.95 Å². The number of benzene rings is 1. The first-order valence-corrected chi connectivity index (χ1v) is 10.1. The lowest BCUT2D eigenvalue weighted by Gasteiger charge is -2.11. The van der Waals surface area contributed by atoms with Crippen LogP contribution in [0, 0.1) is 0 Å². The van der Waals surface area contributed by atoms with Crippen LogP contribution in [0.5, 0.6) is 0 Å². The second-order valence-electron chi connectivity index (χ2n) is 3.92. The Morgan fingerprint density at radius 2 is 1.75 bits per heavy atom. The molecule has 0 aliphatic heterocycles. The Morgan fingerprint density at radius 3 is 2.25 bits per heavy atom. The summed E-state index contributed by atoms with van der Waals surface area (Å²) in [5.41, 5.74) is 5.76. The number of anilines is 1. The summed E-state index contributed by atoms with van der Waals surface area (Å²) in [5, 5.41) is 4.82. The number of nitrogens with one attached hydrogen (secondary N) is 1. The Kier molecular flexibility index (Phi) is 5.99. The number of sulfonamides is 2. The van der Waals surface area contributed by atoms with Gasteiger partial charge in [0, 0.05) is 15.5 Å². The van der Waals surface area contributed by atoms with Gasteiger partial charge in [-0.05, 0) is 34.5 Å². The van der Waals surface area contributed by atoms with E-state index in [-0.39, 0.29) is 29.3 Å². The van der Waals surface area contributed by atoms with Crippen molar-refractivity contribution in [3.63, 3.8) is 0 Å². The maximum Gasteiger partial charge on any atom is 0.243 e. The smallest absolute Gasteiger partial charge is 0.243 e. The Bertz CT molecular complexity index is 681. The molecule has 1 rings (SSSR count). The molecule has 1 aromatic rings. The number of rotatable bonds is 6. The van der Waals surface area contributed by atoms with E-state index in [4.69, 9.17) is 10.9 Å². The quantitative estimate of drug-likeness (QED) is 0.434. The molecular formula is C9H13Br2N3O4S2. The van der Waals surface area contributed by atoms with Crippen LogP contribution in [0.1, 0.15) is 6.42 Å². The Morgan fingerprint density at radius 1 is 1.15 bits per heavy atom. The third-order valence-corrected chi connectivity index (χ3v) is 5.98. The lowest BCUT2D eigenvalue weighted by atomic mass is 10.3. The number of halogens is 2. The van der Waals surface area contributed by atoms with Gasteiger partial charge in [0.25, 0.3) is 0 Å². The van der Waals surface area contributed by atoms with Gasteiger partial charge in [0.15, 0.2) is 0 Å². The van der Waals surface area contributed by atoms with Gasteiger partial charge in [0.2, 0.25) is 20.0 Å². The van der Waals surface area contributed by atoms with E-state index in [1.165, 1.54) is 6.07 Å². The number of hydrogen-bond donors (Lipinski definition) is 3. The van der Waals surface area contributed by atoms with E-state index in [9.17, 15) is 16.8 Å². The molecule has 114 valence electrons. The molecule has 1 aromatic carbocycles. The van der Waals surface area contributed by atoms with Gasteiger partial charge in [0.05, 0.1) is 11.4 Å². The van der Waals surface area contributed by atoms with Crippen LogP contribution in [-0.4, -0.2) is 29.1 Å². The average Bonchev–Trinajstić information content (AvgIpc) is 2.21. The molecule has 0 saturated heterocycles. The molecule has 0 atom stereocenters. The van der Waals surface area contributed by atoms with Crippen LogP contribution < -0.4 is 15.6 Å². The minimum Gasteiger partial charge on any atom is -0.398 e. The zero-order valence-corrected chi connectivity index (χ0v) is 14.9. The van der Waals surface area contributed by atoms with E-state index >= 15 is 0 Å². The molecule has 0 saturated carbocycles. The van der Waals surface area contributed by atoms with Crippen LogP contribution in [-0.2, 0) is 20.0 Å². The number of hydrogen-bond acceptors (Lipinski definition) is 5. The number of nitrogens with two attached hydrogens (primary N) is 2. The summed E-state index contributed by atoms with van der Waals surface area (Å²) in [4.78, 5) is -0.0868. The lowest BCUT2D eigenvalue weighted by Crippen LogP contribution is -2.28. The fourth-order valence-corrected chi connectivity index (χ4v) is 5.10. The summed E-state index contributed by atoms with van der Waals surface area (Å²) in [6.45, 7) is -0.0549. The number of primary sulfonamides is 1. The van der Waals surface area contributed by atoms with Crippen LogP contribution in [0.15, 0.2) is 26.0 Å². The average molecular weight is 451 g/mol. The molecule has 5 N–H and O–H groups in total. The van der Waals surface area contributed by atoms with Crippen molar-refractivity contribution in [2.45, 2.75) is 11.3 Å². The van der Waals surface area contributed by atoms with Crippen molar-refractivity contribution in [1.29, 1.82) is 0 Å². The largest absolute Gasteiger partial charge is 0.398 e. The molecule has 0 fully saturated rings. The Balaban J connectivity index is 2.85. The SMILES string of the molecule is Nc1cc(Br)cc(Br)c1S(=O)(=O)NCCCS(N)(=O)=O. The van der Waals surface area contributed by atoms with Crippen LogP contribution in [0.25, 0.3) is 0 Å². The molecule has 0 bridgehead atoms. The molecule has 0 aliphatic carbocycles. The van der Waals surface area contributed by atoms with E-state index in [2.05, 4.69) is 36.6 Å². The molecular weight excluding hydrogens is 438 g/mol. The van der Waals surface area contributed by atoms with Crippen LogP contribution >= 0.6 is 31.9 Å². The Hall–Kier alpha value is -0.200. The van der Waals surface area contributed by atoms with Gasteiger partial charge in [-0.3, -0.25) is 0 Å². The standard InChI is InChI=1S/C9H13Br2N3O4S2/c10-6-4-7(11)9(8(12)5-6)20(17,18)14-2-1-3-19(13,15)16/h4-5,14H,1-3,12H2,(H2,13,15,16). The second-order valence-corrected chi connectivity index (χ2v) is 9.13. The summed E-state index contributed by atoms with van der Waals surface area (Å²) in [5.74, 6) is -0.299. The van der Waals surface area contributed by atoms with E-state index < -0.39 is 20.0 Å². The van der Waals surface area contributed by atoms with Crippen molar-refractivity contribution in [2.24, 2.45) is 5.14 Å². The normalized spacial score (nSPS) is 12.6. The predicted molar refractivity (Wildman–Crippen MR) is 84.0 cm³/mol. The topological polar surface area (TPSA) is 132 Å². The van der Waals surface area contributed by atoms with Gasteiger partial charge >= 0.3 is 0 Å². The summed E-state index contributed by atoms with van der Waals surface area (Å²) in [7, 11) is -7.44. The van der Waals surface area contributed by atoms with Crippen LogP contribution in [0.3, 0.4) is 0 Å². The first-order chi connectivity index (χ1) is 9.03. The monoisotopic (exact) mass is 449 g/mol. The van der Waals surface area contributed by atoms with Crippen molar-refractivity contribution < 1.29 is 16.8 Å². The highest BCUT2D eigenvalue weighted by molar-refractivity contribution is 9.11. The van der Waals surface area contributed by atoms with E-state index in [0.717, 1.165) is 0 Å². The summed E-state index contributed by atoms with van der Waals surface area (Å²) in [6.07, 6.45) is 0.0755. The number of nitrogen functional groups attached to an aromatic ring is 1. The molecule has 0 unspecified atom stereocenters. The fourth-order valence-electron chi connectivity index (χ4n) is 1.42. The highest BCUT2D eigenvalue weighted by Gasteiger charge is 2.21. The molecule has 0 amide bonds. The molecule has 0 aliphatic rings. The molecule has 0 spiro atoms. The molecule has 0 radical (unpaired) electrons. The summed E-state index contributed by atoms with van der Waals surface area (Å²) < 4.78 is 48.9. The van der Waals surface area contributed by atoms with Crippen molar-refractivity contribution in [1.82, 2.24) is 4.72 Å². The fraction of sp³-hybridized carbons (Fsp3) is 0.333. The zero-order valence-electron chi connectivity index (χ0n) is 10.1. The first-order valence-electron chi connectivity index (χ1n) is 5.27. The van der Waals surface area contributed by atoms with Crippen LogP contribution in [0.4, 0.5) is 5.69 Å². The third-order valence-electron chi connectivity index (χ3n) is 2.20. The molecule has 7 nitrogen and oxygen atoms in total. The Labute approximate surface area is 134 Å². The van der Waals surface area contributed by atoms with E-state index in [1.54, 1.807) is 6.07 Å². The van der Waals surface area contributed by atoms with Crippen molar-refractivity contribution in [3.8, 4) is 0 Å². The van der Waals surface area contributed by atoms with Crippen molar-refractivity contribution in [3.05, 3.63) is 21.1 Å². The lowest BCUT2D eigenvalue weighted by molar-refractivity contribution is 0.576. The van der Waals surface area contributed by atoms with E-state index in [1.807, 2.05) is 0 Å².